The molecule has 2 heterocycles. The van der Waals surface area contributed by atoms with Gasteiger partial charge in [-0.05, 0) is 49.0 Å². The number of likely N-dealkylation sites (tertiary alicyclic amines) is 1. The second-order valence-electron chi connectivity index (χ2n) is 7.17. The average molecular weight is 347 g/mol. The topological polar surface area (TPSA) is 65.5 Å². The van der Waals surface area contributed by atoms with Crippen LogP contribution in [-0.2, 0) is 4.79 Å². The number of carboxylic acid groups (broad SMARTS) is 1. The molecule has 136 valence electrons. The van der Waals surface area contributed by atoms with Gasteiger partial charge in [-0.15, -0.1) is 0 Å². The van der Waals surface area contributed by atoms with Crippen molar-refractivity contribution >= 4 is 17.9 Å². The van der Waals surface area contributed by atoms with E-state index in [1.165, 1.54) is 44.8 Å². The van der Waals surface area contributed by atoms with Gasteiger partial charge in [-0.2, -0.15) is 4.39 Å². The number of carbonyl (C=O) groups is 1. The normalized spacial score (nSPS) is 22.9. The number of aromatic nitrogens is 1. The lowest BCUT2D eigenvalue weighted by Gasteiger charge is -2.26. The zero-order valence-electron chi connectivity index (χ0n) is 14.5. The maximum absolute atomic E-state index is 13.1. The third-order valence-electron chi connectivity index (χ3n) is 5.15. The van der Waals surface area contributed by atoms with Crippen molar-refractivity contribution in [2.45, 2.75) is 44.6 Å². The Labute approximate surface area is 147 Å². The Kier molecular flexibility index (Phi) is 6.02. The number of carboxylic acids is 1. The molecule has 2 aliphatic rings. The molecule has 1 aliphatic heterocycles. The molecule has 0 radical (unpaired) electrons. The lowest BCUT2D eigenvalue weighted by molar-refractivity contribution is -0.134. The van der Waals surface area contributed by atoms with E-state index in [9.17, 15) is 9.18 Å². The molecule has 25 heavy (non-hydrogen) atoms. The van der Waals surface area contributed by atoms with Gasteiger partial charge in [0.15, 0.2) is 0 Å². The first-order valence-corrected chi connectivity index (χ1v) is 9.15. The van der Waals surface area contributed by atoms with Crippen LogP contribution >= 0.6 is 0 Å². The molecule has 1 aliphatic carbocycles. The Morgan fingerprint density at radius 3 is 2.80 bits per heavy atom. The van der Waals surface area contributed by atoms with E-state index >= 15 is 0 Å². The van der Waals surface area contributed by atoms with Crippen molar-refractivity contribution in [3.05, 3.63) is 29.7 Å². The van der Waals surface area contributed by atoms with E-state index in [0.717, 1.165) is 37.3 Å². The summed E-state index contributed by atoms with van der Waals surface area (Å²) in [5.41, 5.74) is 0.441. The summed E-state index contributed by atoms with van der Waals surface area (Å²) in [4.78, 5) is 17.3. The van der Waals surface area contributed by atoms with Gasteiger partial charge in [-0.1, -0.05) is 19.3 Å². The minimum atomic E-state index is -1.56. The molecular weight excluding hydrogens is 321 g/mol. The van der Waals surface area contributed by atoms with E-state index < -0.39 is 11.8 Å². The molecule has 0 spiro atoms. The van der Waals surface area contributed by atoms with Crippen molar-refractivity contribution in [2.75, 3.05) is 25.0 Å². The number of hydrogen-bond donors (Lipinski definition) is 2. The number of rotatable bonds is 6. The summed E-state index contributed by atoms with van der Waals surface area (Å²) in [5.74, 6) is -1.14. The van der Waals surface area contributed by atoms with Gasteiger partial charge < -0.3 is 15.3 Å². The first-order chi connectivity index (χ1) is 12.1. The second kappa shape index (κ2) is 8.43. The quantitative estimate of drug-likeness (QED) is 0.771. The molecule has 1 aromatic rings. The minimum absolute atomic E-state index is 0.383. The van der Waals surface area contributed by atoms with Crippen molar-refractivity contribution in [2.24, 2.45) is 5.92 Å². The highest BCUT2D eigenvalue weighted by Crippen LogP contribution is 2.26. The van der Waals surface area contributed by atoms with Gasteiger partial charge in [0.1, 0.15) is 5.82 Å². The Hall–Kier alpha value is -1.95. The number of pyridine rings is 1. The molecule has 5 nitrogen and oxygen atoms in total. The van der Waals surface area contributed by atoms with Gasteiger partial charge in [0.25, 0.3) is 0 Å². The fourth-order valence-corrected chi connectivity index (χ4v) is 3.84. The monoisotopic (exact) mass is 347 g/mol. The van der Waals surface area contributed by atoms with Gasteiger partial charge in [-0.25, -0.2) is 9.78 Å². The number of aliphatic carboxylic acids is 1. The largest absolute Gasteiger partial charge is 0.476 e. The van der Waals surface area contributed by atoms with Crippen molar-refractivity contribution in [1.29, 1.82) is 0 Å². The fourth-order valence-electron chi connectivity index (χ4n) is 3.84. The molecular formula is C19H26FN3O2. The summed E-state index contributed by atoms with van der Waals surface area (Å²) in [7, 11) is 0. The van der Waals surface area contributed by atoms with Crippen LogP contribution < -0.4 is 5.32 Å². The highest BCUT2D eigenvalue weighted by Gasteiger charge is 2.25. The number of nitrogens with one attached hydrogen (secondary N) is 1. The third kappa shape index (κ3) is 5.26. The maximum atomic E-state index is 13.1. The number of halogens is 1. The number of hydrogen-bond acceptors (Lipinski definition) is 4. The Bertz CT molecular complexity index is 612. The lowest BCUT2D eigenvalue weighted by Crippen LogP contribution is -2.31. The SMILES string of the molecule is O=C(O)/C(F)=C\c1ccc(N[C@@H]2CCN(CC3CCCCC3)C2)nc1. The smallest absolute Gasteiger partial charge is 0.364 e. The zero-order valence-corrected chi connectivity index (χ0v) is 14.5. The van der Waals surface area contributed by atoms with Crippen molar-refractivity contribution < 1.29 is 14.3 Å². The number of nitrogens with zero attached hydrogens (tertiary/aromatic N) is 2. The van der Waals surface area contributed by atoms with Crippen LogP contribution in [0.5, 0.6) is 0 Å². The van der Waals surface area contributed by atoms with Crippen LogP contribution in [0.3, 0.4) is 0 Å². The van der Waals surface area contributed by atoms with Gasteiger partial charge in [0, 0.05) is 31.9 Å². The average Bonchev–Trinajstić information content (AvgIpc) is 3.04. The predicted octanol–water partition coefficient (Wildman–Crippen LogP) is 3.54. The van der Waals surface area contributed by atoms with E-state index in [1.807, 2.05) is 0 Å². The van der Waals surface area contributed by atoms with Crippen LogP contribution in [0.4, 0.5) is 10.2 Å². The van der Waals surface area contributed by atoms with E-state index in [2.05, 4.69) is 15.2 Å². The second-order valence-corrected chi connectivity index (χ2v) is 7.17. The molecule has 0 amide bonds. The molecule has 1 aromatic heterocycles. The van der Waals surface area contributed by atoms with E-state index in [-0.39, 0.29) is 0 Å². The lowest BCUT2D eigenvalue weighted by atomic mass is 9.89. The molecule has 1 saturated heterocycles. The summed E-state index contributed by atoms with van der Waals surface area (Å²) in [5, 5.41) is 12.0. The molecule has 1 saturated carbocycles. The van der Waals surface area contributed by atoms with Crippen LogP contribution in [-0.4, -0.2) is 46.6 Å². The van der Waals surface area contributed by atoms with Crippen LogP contribution in [0.2, 0.25) is 0 Å². The molecule has 0 aromatic carbocycles. The Morgan fingerprint density at radius 1 is 1.32 bits per heavy atom. The summed E-state index contributed by atoms with van der Waals surface area (Å²) in [6.45, 7) is 3.37. The Morgan fingerprint density at radius 2 is 2.12 bits per heavy atom. The van der Waals surface area contributed by atoms with Gasteiger partial charge in [0.2, 0.25) is 5.83 Å². The molecule has 0 unspecified atom stereocenters. The van der Waals surface area contributed by atoms with Gasteiger partial charge >= 0.3 is 5.97 Å². The molecule has 0 bridgehead atoms. The first kappa shape index (κ1) is 17.9. The summed E-state index contributed by atoms with van der Waals surface area (Å²) in [6.07, 6.45) is 10.5. The molecule has 2 N–H and O–H groups in total. The van der Waals surface area contributed by atoms with E-state index in [1.54, 1.807) is 12.1 Å². The highest BCUT2D eigenvalue weighted by atomic mass is 19.1. The first-order valence-electron chi connectivity index (χ1n) is 9.15. The van der Waals surface area contributed by atoms with Gasteiger partial charge in [0.05, 0.1) is 0 Å². The van der Waals surface area contributed by atoms with Crippen molar-refractivity contribution in [3.8, 4) is 0 Å². The molecule has 2 fully saturated rings. The zero-order chi connectivity index (χ0) is 17.6. The summed E-state index contributed by atoms with van der Waals surface area (Å²) < 4.78 is 13.1. The molecule has 6 heteroatoms. The van der Waals surface area contributed by atoms with Crippen LogP contribution in [0.15, 0.2) is 24.2 Å². The highest BCUT2D eigenvalue weighted by molar-refractivity contribution is 5.89. The van der Waals surface area contributed by atoms with Crippen molar-refractivity contribution in [3.63, 3.8) is 0 Å². The number of anilines is 1. The van der Waals surface area contributed by atoms with Crippen LogP contribution in [0, 0.1) is 5.92 Å². The molecule has 1 atom stereocenters. The standard InChI is InChI=1S/C19H26FN3O2/c20-17(19(24)25)10-15-6-7-18(21-11-15)22-16-8-9-23(13-16)12-14-4-2-1-3-5-14/h6-7,10-11,14,16H,1-5,8-9,12-13H2,(H,21,22)(H,24,25)/b17-10+/t16-/m1/s1. The third-order valence-corrected chi connectivity index (χ3v) is 5.15. The minimum Gasteiger partial charge on any atom is -0.476 e. The Balaban J connectivity index is 1.48. The molecule has 3 rings (SSSR count). The van der Waals surface area contributed by atoms with Crippen molar-refractivity contribution in [1.82, 2.24) is 9.88 Å². The van der Waals surface area contributed by atoms with E-state index in [4.69, 9.17) is 5.11 Å². The van der Waals surface area contributed by atoms with Crippen LogP contribution in [0.1, 0.15) is 44.1 Å². The van der Waals surface area contributed by atoms with E-state index in [0.29, 0.717) is 11.6 Å². The summed E-state index contributed by atoms with van der Waals surface area (Å²) >= 11 is 0. The maximum Gasteiger partial charge on any atom is 0.364 e. The van der Waals surface area contributed by atoms with Gasteiger partial charge in [-0.3, -0.25) is 0 Å². The predicted molar refractivity (Wildman–Crippen MR) is 96.0 cm³/mol. The fraction of sp³-hybridized carbons (Fsp3) is 0.579. The summed E-state index contributed by atoms with van der Waals surface area (Å²) in [6, 6.07) is 3.82. The van der Waals surface area contributed by atoms with Crippen LogP contribution in [0.25, 0.3) is 6.08 Å².